The molecule has 1 aliphatic carbocycles. The Labute approximate surface area is 123 Å². The van der Waals surface area contributed by atoms with Crippen LogP contribution >= 0.6 is 24.0 Å². The number of benzene rings is 1. The SMILES string of the molecule is O=C1NC(=S)SC1=C1C=Cc2ccc([N+](=O)[O-])cc2C1. The number of amides is 1. The van der Waals surface area contributed by atoms with Crippen molar-refractivity contribution in [2.24, 2.45) is 0 Å². The number of nitro groups is 1. The first-order valence-electron chi connectivity index (χ1n) is 5.76. The van der Waals surface area contributed by atoms with Crippen LogP contribution in [-0.2, 0) is 11.2 Å². The lowest BCUT2D eigenvalue weighted by molar-refractivity contribution is -0.384. The van der Waals surface area contributed by atoms with Crippen molar-refractivity contribution in [3.05, 3.63) is 56.0 Å². The maximum absolute atomic E-state index is 11.8. The van der Waals surface area contributed by atoms with Crippen LogP contribution in [0.25, 0.3) is 6.08 Å². The van der Waals surface area contributed by atoms with Gasteiger partial charge in [0.1, 0.15) is 4.32 Å². The molecule has 5 nitrogen and oxygen atoms in total. The molecule has 0 radical (unpaired) electrons. The van der Waals surface area contributed by atoms with Gasteiger partial charge in [-0.25, -0.2) is 0 Å². The minimum atomic E-state index is -0.419. The van der Waals surface area contributed by atoms with Crippen molar-refractivity contribution in [2.45, 2.75) is 6.42 Å². The minimum Gasteiger partial charge on any atom is -0.307 e. The smallest absolute Gasteiger partial charge is 0.269 e. The number of allylic oxidation sites excluding steroid dienone is 2. The van der Waals surface area contributed by atoms with E-state index in [0.29, 0.717) is 15.6 Å². The summed E-state index contributed by atoms with van der Waals surface area (Å²) in [5.41, 5.74) is 2.67. The number of carbonyl (C=O) groups is 1. The van der Waals surface area contributed by atoms with Crippen molar-refractivity contribution in [1.29, 1.82) is 0 Å². The lowest BCUT2D eigenvalue weighted by Gasteiger charge is -2.13. The fourth-order valence-corrected chi connectivity index (χ4v) is 3.24. The second-order valence-corrected chi connectivity index (χ2v) is 6.04. The molecule has 20 heavy (non-hydrogen) atoms. The third-order valence-corrected chi connectivity index (χ3v) is 4.38. The quantitative estimate of drug-likeness (QED) is 0.374. The zero-order chi connectivity index (χ0) is 14.3. The zero-order valence-electron chi connectivity index (χ0n) is 10.1. The normalized spacial score (nSPS) is 20.8. The van der Waals surface area contributed by atoms with Gasteiger partial charge in [0.05, 0.1) is 9.83 Å². The Morgan fingerprint density at radius 2 is 2.15 bits per heavy atom. The highest BCUT2D eigenvalue weighted by atomic mass is 32.2. The molecule has 1 amide bonds. The fraction of sp³-hybridized carbons (Fsp3) is 0.0769. The molecule has 1 aromatic carbocycles. The average Bonchev–Trinajstić information content (AvgIpc) is 2.76. The molecule has 1 aliphatic heterocycles. The second kappa shape index (κ2) is 4.84. The van der Waals surface area contributed by atoms with E-state index in [2.05, 4.69) is 5.32 Å². The van der Waals surface area contributed by atoms with Gasteiger partial charge in [0.15, 0.2) is 0 Å². The molecule has 0 spiro atoms. The molecule has 100 valence electrons. The van der Waals surface area contributed by atoms with E-state index in [9.17, 15) is 14.9 Å². The first kappa shape index (κ1) is 13.0. The largest absolute Gasteiger partial charge is 0.307 e. The van der Waals surface area contributed by atoms with E-state index in [1.54, 1.807) is 12.1 Å². The number of nitrogens with zero attached hydrogens (tertiary/aromatic N) is 1. The molecule has 0 unspecified atom stereocenters. The first-order valence-corrected chi connectivity index (χ1v) is 6.99. The fourth-order valence-electron chi connectivity index (χ4n) is 2.16. The number of carbonyl (C=O) groups excluding carboxylic acids is 1. The Bertz CT molecular complexity index is 722. The number of hydrogen-bond donors (Lipinski definition) is 1. The van der Waals surface area contributed by atoms with E-state index in [4.69, 9.17) is 12.2 Å². The van der Waals surface area contributed by atoms with Crippen molar-refractivity contribution in [2.75, 3.05) is 0 Å². The summed E-state index contributed by atoms with van der Waals surface area (Å²) in [6.45, 7) is 0. The van der Waals surface area contributed by atoms with Gasteiger partial charge >= 0.3 is 0 Å². The molecule has 0 aromatic heterocycles. The van der Waals surface area contributed by atoms with Crippen LogP contribution in [0.4, 0.5) is 5.69 Å². The summed E-state index contributed by atoms with van der Waals surface area (Å²) < 4.78 is 0.440. The van der Waals surface area contributed by atoms with Crippen molar-refractivity contribution < 1.29 is 9.72 Å². The monoisotopic (exact) mass is 304 g/mol. The molecule has 3 rings (SSSR count). The summed E-state index contributed by atoms with van der Waals surface area (Å²) >= 11 is 6.19. The number of non-ortho nitro benzene ring substituents is 1. The molecule has 1 heterocycles. The van der Waals surface area contributed by atoms with Crippen molar-refractivity contribution in [3.8, 4) is 0 Å². The maximum Gasteiger partial charge on any atom is 0.269 e. The van der Waals surface area contributed by atoms with E-state index < -0.39 is 4.92 Å². The van der Waals surface area contributed by atoms with Crippen molar-refractivity contribution in [3.63, 3.8) is 0 Å². The minimum absolute atomic E-state index is 0.0578. The Morgan fingerprint density at radius 1 is 1.35 bits per heavy atom. The van der Waals surface area contributed by atoms with Crippen molar-refractivity contribution in [1.82, 2.24) is 5.32 Å². The Hall–Kier alpha value is -1.99. The lowest BCUT2D eigenvalue weighted by Crippen LogP contribution is -2.18. The number of nitrogens with one attached hydrogen (secondary N) is 1. The number of fused-ring (bicyclic) bond motifs is 1. The summed E-state index contributed by atoms with van der Waals surface area (Å²) in [6.07, 6.45) is 4.22. The van der Waals surface area contributed by atoms with Gasteiger partial charge in [0, 0.05) is 12.1 Å². The van der Waals surface area contributed by atoms with E-state index >= 15 is 0 Å². The lowest BCUT2D eigenvalue weighted by atomic mass is 9.93. The Kier molecular flexibility index (Phi) is 3.15. The molecular formula is C13H8N2O3S2. The van der Waals surface area contributed by atoms with Crippen LogP contribution in [0, 0.1) is 10.1 Å². The molecule has 1 aromatic rings. The standard InChI is InChI=1S/C13H8N2O3S2/c16-12-11(20-13(19)14-12)8-2-1-7-3-4-10(15(17)18)6-9(7)5-8/h1-4,6H,5H2,(H,14,16,19). The van der Waals surface area contributed by atoms with Crippen LogP contribution in [-0.4, -0.2) is 15.2 Å². The molecular weight excluding hydrogens is 296 g/mol. The van der Waals surface area contributed by atoms with Crippen LogP contribution in [0.5, 0.6) is 0 Å². The molecule has 0 saturated carbocycles. The second-order valence-electron chi connectivity index (χ2n) is 4.35. The highest BCUT2D eigenvalue weighted by Gasteiger charge is 2.26. The van der Waals surface area contributed by atoms with Crippen molar-refractivity contribution >= 4 is 46.0 Å². The van der Waals surface area contributed by atoms with Gasteiger partial charge < -0.3 is 5.32 Å². The van der Waals surface area contributed by atoms with Crippen LogP contribution in [0.1, 0.15) is 11.1 Å². The third-order valence-electron chi connectivity index (χ3n) is 3.09. The highest BCUT2D eigenvalue weighted by molar-refractivity contribution is 8.26. The number of thiocarbonyl (C=S) groups is 1. The van der Waals surface area contributed by atoms with E-state index in [1.165, 1.54) is 17.8 Å². The number of thioether (sulfide) groups is 1. The zero-order valence-corrected chi connectivity index (χ0v) is 11.7. The maximum atomic E-state index is 11.8. The predicted octanol–water partition coefficient (Wildman–Crippen LogP) is 2.57. The van der Waals surface area contributed by atoms with E-state index in [1.807, 2.05) is 12.2 Å². The van der Waals surface area contributed by atoms with Crippen LogP contribution in [0.15, 0.2) is 34.8 Å². The Morgan fingerprint density at radius 3 is 2.80 bits per heavy atom. The summed E-state index contributed by atoms with van der Waals surface area (Å²) in [4.78, 5) is 22.7. The molecule has 0 bridgehead atoms. The number of rotatable bonds is 1. The summed E-state index contributed by atoms with van der Waals surface area (Å²) in [5.74, 6) is -0.200. The Balaban J connectivity index is 2.01. The molecule has 1 N–H and O–H groups in total. The topological polar surface area (TPSA) is 72.2 Å². The third kappa shape index (κ3) is 2.25. The molecule has 0 atom stereocenters. The summed E-state index contributed by atoms with van der Waals surface area (Å²) in [6, 6.07) is 4.75. The molecule has 1 fully saturated rings. The van der Waals surface area contributed by atoms with Gasteiger partial charge in [0.25, 0.3) is 11.6 Å². The highest BCUT2D eigenvalue weighted by Crippen LogP contribution is 2.33. The van der Waals surface area contributed by atoms with E-state index in [-0.39, 0.29) is 11.6 Å². The van der Waals surface area contributed by atoms with Gasteiger partial charge in [-0.05, 0) is 29.2 Å². The predicted molar refractivity (Wildman–Crippen MR) is 81.2 cm³/mol. The average molecular weight is 304 g/mol. The van der Waals surface area contributed by atoms with Gasteiger partial charge in [-0.3, -0.25) is 14.9 Å². The van der Waals surface area contributed by atoms with Crippen LogP contribution < -0.4 is 5.32 Å². The summed E-state index contributed by atoms with van der Waals surface area (Å²) in [5, 5.41) is 13.4. The first-order chi connectivity index (χ1) is 9.54. The molecule has 1 saturated heterocycles. The molecule has 2 aliphatic rings. The summed E-state index contributed by atoms with van der Waals surface area (Å²) in [7, 11) is 0. The number of nitro benzene ring substituents is 1. The number of hydrogen-bond acceptors (Lipinski definition) is 5. The molecule has 7 heteroatoms. The van der Waals surface area contributed by atoms with E-state index in [0.717, 1.165) is 16.7 Å². The van der Waals surface area contributed by atoms with Gasteiger partial charge in [-0.15, -0.1) is 0 Å². The van der Waals surface area contributed by atoms with Gasteiger partial charge in [-0.2, -0.15) is 0 Å². The van der Waals surface area contributed by atoms with Crippen LogP contribution in [0.2, 0.25) is 0 Å². The van der Waals surface area contributed by atoms with Gasteiger partial charge in [-0.1, -0.05) is 36.1 Å². The van der Waals surface area contributed by atoms with Crippen LogP contribution in [0.3, 0.4) is 0 Å². The van der Waals surface area contributed by atoms with Gasteiger partial charge in [0.2, 0.25) is 0 Å².